The second-order valence-electron chi connectivity index (χ2n) is 7.96. The number of imidazole rings is 1. The second kappa shape index (κ2) is 7.03. The van der Waals surface area contributed by atoms with E-state index < -0.39 is 17.5 Å². The van der Waals surface area contributed by atoms with Crippen molar-refractivity contribution in [1.29, 1.82) is 0 Å². The van der Waals surface area contributed by atoms with Crippen LogP contribution in [0.25, 0.3) is 11.0 Å². The fraction of sp³-hybridized carbons (Fsp3) is 0.500. The lowest BCUT2D eigenvalue weighted by molar-refractivity contribution is 0.0534. The van der Waals surface area contributed by atoms with Crippen molar-refractivity contribution in [2.24, 2.45) is 10.7 Å². The molecule has 2 aliphatic rings. The Morgan fingerprint density at radius 1 is 1.39 bits per heavy atom. The van der Waals surface area contributed by atoms with Crippen molar-refractivity contribution in [3.8, 4) is 0 Å². The summed E-state index contributed by atoms with van der Waals surface area (Å²) in [6.45, 7) is 4.02. The van der Waals surface area contributed by atoms with Gasteiger partial charge in [-0.05, 0) is 57.2 Å². The van der Waals surface area contributed by atoms with Crippen molar-refractivity contribution >= 4 is 28.6 Å². The first-order valence-electron chi connectivity index (χ1n) is 9.62. The van der Waals surface area contributed by atoms with E-state index in [0.29, 0.717) is 53.1 Å². The lowest BCUT2D eigenvalue weighted by Crippen LogP contribution is -2.32. The van der Waals surface area contributed by atoms with Gasteiger partial charge in [-0.25, -0.2) is 18.8 Å². The van der Waals surface area contributed by atoms with Crippen molar-refractivity contribution in [1.82, 2.24) is 14.9 Å². The lowest BCUT2D eigenvalue weighted by atomic mass is 9.79. The van der Waals surface area contributed by atoms with E-state index in [1.807, 2.05) is 24.5 Å². The van der Waals surface area contributed by atoms with Gasteiger partial charge in [0.05, 0.1) is 10.5 Å². The molecule has 1 aliphatic heterocycles. The Morgan fingerprint density at radius 3 is 2.79 bits per heavy atom. The van der Waals surface area contributed by atoms with Crippen LogP contribution in [0.2, 0.25) is 0 Å². The van der Waals surface area contributed by atoms with Crippen LogP contribution in [0.1, 0.15) is 63.0 Å². The Bertz CT molecular complexity index is 975. The van der Waals surface area contributed by atoms with Crippen LogP contribution in [-0.2, 0) is 6.42 Å². The highest BCUT2D eigenvalue weighted by Gasteiger charge is 2.37. The number of nitrogens with one attached hydrogen (secondary N) is 1. The molecule has 150 valence electrons. The largest absolute Gasteiger partial charge is 0.370 e. The maximum absolute atomic E-state index is 14.9. The zero-order valence-electron chi connectivity index (χ0n) is 16.0. The molecule has 1 atom stereocenters. The number of hydrogen-bond donors (Lipinski definition) is 2. The summed E-state index contributed by atoms with van der Waals surface area (Å²) in [5, 5.41) is 3.17. The molecule has 4 rings (SSSR count). The van der Waals surface area contributed by atoms with Gasteiger partial charge in [0.25, 0.3) is 0 Å². The van der Waals surface area contributed by atoms with Crippen molar-refractivity contribution in [3.63, 3.8) is 0 Å². The molecule has 1 unspecified atom stereocenters. The van der Waals surface area contributed by atoms with Gasteiger partial charge in [-0.3, -0.25) is 0 Å². The summed E-state index contributed by atoms with van der Waals surface area (Å²) in [6.07, 6.45) is 4.60. The summed E-state index contributed by atoms with van der Waals surface area (Å²) in [7, 11) is 0. The van der Waals surface area contributed by atoms with Gasteiger partial charge in [-0.15, -0.1) is 0 Å². The van der Waals surface area contributed by atoms with E-state index in [1.165, 1.54) is 6.07 Å². The maximum Gasteiger partial charge on any atom is 0.193 e. The minimum atomic E-state index is -1.09. The van der Waals surface area contributed by atoms with Crippen LogP contribution in [0.15, 0.2) is 28.4 Å². The van der Waals surface area contributed by atoms with Gasteiger partial charge < -0.3 is 15.6 Å². The molecule has 2 aromatic rings. The Morgan fingerprint density at radius 2 is 2.14 bits per heavy atom. The highest BCUT2D eigenvalue weighted by atomic mass is 35.5. The molecule has 0 amide bonds. The average Bonchev–Trinajstić information content (AvgIpc) is 2.99. The Balaban J connectivity index is 1.76. The van der Waals surface area contributed by atoms with Crippen molar-refractivity contribution in [3.05, 3.63) is 40.6 Å². The number of aliphatic imine (C=N–C) groups is 1. The van der Waals surface area contributed by atoms with Crippen molar-refractivity contribution in [2.45, 2.75) is 63.7 Å². The smallest absolute Gasteiger partial charge is 0.193 e. The first-order valence-corrected chi connectivity index (χ1v) is 10.00. The predicted octanol–water partition coefficient (Wildman–Crippen LogP) is 4.62. The van der Waals surface area contributed by atoms with Gasteiger partial charge in [-0.2, -0.15) is 0 Å². The fourth-order valence-electron chi connectivity index (χ4n) is 3.97. The summed E-state index contributed by atoms with van der Waals surface area (Å²) in [4.78, 5) is 8.80. The number of alkyl halides is 1. The van der Waals surface area contributed by atoms with E-state index in [9.17, 15) is 8.78 Å². The van der Waals surface area contributed by atoms with E-state index in [0.717, 1.165) is 6.42 Å². The number of hydrogen-bond acceptors (Lipinski definition) is 4. The number of aromatic nitrogens is 2. The number of nitrogens with two attached hydrogens (primary N) is 1. The molecule has 1 fully saturated rings. The molecule has 5 nitrogen and oxygen atoms in total. The van der Waals surface area contributed by atoms with E-state index in [1.54, 1.807) is 6.20 Å². The summed E-state index contributed by atoms with van der Waals surface area (Å²) in [5.41, 5.74) is 6.21. The van der Waals surface area contributed by atoms with Crippen LogP contribution >= 0.6 is 11.6 Å². The molecule has 1 saturated carbocycles. The molecule has 1 aromatic heterocycles. The number of guanidine groups is 1. The molecule has 0 spiro atoms. The molecule has 0 bridgehead atoms. The molecular weight excluding hydrogens is 384 g/mol. The van der Waals surface area contributed by atoms with Crippen LogP contribution in [0, 0.1) is 5.82 Å². The Kier molecular flexibility index (Phi) is 4.81. The van der Waals surface area contributed by atoms with Gasteiger partial charge in [0.15, 0.2) is 11.8 Å². The first kappa shape index (κ1) is 19.2. The molecule has 8 heteroatoms. The molecule has 0 saturated heterocycles. The number of benzene rings is 1. The molecule has 1 aliphatic carbocycles. The van der Waals surface area contributed by atoms with Gasteiger partial charge in [-0.1, -0.05) is 11.6 Å². The van der Waals surface area contributed by atoms with E-state index >= 15 is 0 Å². The van der Waals surface area contributed by atoms with Crippen LogP contribution in [0.3, 0.4) is 0 Å². The molecule has 28 heavy (non-hydrogen) atoms. The van der Waals surface area contributed by atoms with E-state index in [2.05, 4.69) is 15.3 Å². The maximum atomic E-state index is 14.9. The van der Waals surface area contributed by atoms with Crippen molar-refractivity contribution in [2.75, 3.05) is 0 Å². The van der Waals surface area contributed by atoms with Crippen LogP contribution < -0.4 is 11.1 Å². The lowest BCUT2D eigenvalue weighted by Gasteiger charge is -2.33. The number of fused-ring (bicyclic) bond motifs is 1. The molecule has 2 heterocycles. The second-order valence-corrected chi connectivity index (χ2v) is 8.39. The van der Waals surface area contributed by atoms with Crippen LogP contribution in [0.5, 0.6) is 0 Å². The zero-order valence-corrected chi connectivity index (χ0v) is 16.7. The van der Waals surface area contributed by atoms with Gasteiger partial charge in [0.1, 0.15) is 23.1 Å². The number of aryl methyl sites for hydroxylation is 1. The van der Waals surface area contributed by atoms with Crippen molar-refractivity contribution < 1.29 is 8.78 Å². The molecule has 1 aromatic carbocycles. The molecule has 0 radical (unpaired) electrons. The normalized spacial score (nSPS) is 21.3. The third-order valence-electron chi connectivity index (χ3n) is 5.61. The Labute approximate surface area is 167 Å². The predicted molar refractivity (Wildman–Crippen MR) is 108 cm³/mol. The summed E-state index contributed by atoms with van der Waals surface area (Å²) in [6, 6.07) is 2.74. The van der Waals surface area contributed by atoms with Gasteiger partial charge in [0.2, 0.25) is 0 Å². The first-order chi connectivity index (χ1) is 13.3. The quantitative estimate of drug-likeness (QED) is 0.759. The highest BCUT2D eigenvalue weighted by Crippen LogP contribution is 2.40. The van der Waals surface area contributed by atoms with Crippen LogP contribution in [0.4, 0.5) is 8.78 Å². The topological polar surface area (TPSA) is 68.2 Å². The number of rotatable bonds is 5. The van der Waals surface area contributed by atoms with E-state index in [4.69, 9.17) is 17.3 Å². The monoisotopic (exact) mass is 407 g/mol. The molecular formula is C20H24ClF2N5. The third kappa shape index (κ3) is 3.36. The van der Waals surface area contributed by atoms with Gasteiger partial charge >= 0.3 is 0 Å². The average molecular weight is 408 g/mol. The standard InChI is InChI=1S/C20H24ClF2N5/c1-11(2)28-15-9-12(17-13(21)10-25-19(24)27-17)8-14(22)18(15)26-16(28)4-7-20(23)5-3-6-20/h8-11,17H,3-7H2,1-2H3,(H3,24,25,27). The third-order valence-corrected chi connectivity index (χ3v) is 5.93. The fourth-order valence-corrected chi connectivity index (χ4v) is 4.20. The number of halogens is 3. The summed E-state index contributed by atoms with van der Waals surface area (Å²) >= 11 is 6.27. The summed E-state index contributed by atoms with van der Waals surface area (Å²) < 4.78 is 31.4. The summed E-state index contributed by atoms with van der Waals surface area (Å²) in [5.74, 6) is 0.491. The van der Waals surface area contributed by atoms with Crippen LogP contribution in [-0.4, -0.2) is 21.2 Å². The highest BCUT2D eigenvalue weighted by molar-refractivity contribution is 6.30. The zero-order chi connectivity index (χ0) is 20.1. The van der Waals surface area contributed by atoms with E-state index in [-0.39, 0.29) is 12.0 Å². The Hall–Kier alpha value is -2.15. The minimum absolute atomic E-state index is 0.0548. The minimum Gasteiger partial charge on any atom is -0.370 e. The molecule has 3 N–H and O–H groups in total. The number of nitrogens with zero attached hydrogens (tertiary/aromatic N) is 3. The SMILES string of the molecule is CC(C)n1c(CCC2(F)CCC2)nc2c(F)cc(C3N=C(N)NC=C3Cl)cc21. The van der Waals surface area contributed by atoms with Gasteiger partial charge in [0, 0.05) is 18.7 Å².